The predicted molar refractivity (Wildman–Crippen MR) is 76.2 cm³/mol. The fraction of sp³-hybridized carbons (Fsp3) is 0.188. The van der Waals surface area contributed by atoms with Crippen LogP contribution in [0.15, 0.2) is 54.6 Å². The average Bonchev–Trinajstić information content (AvgIpc) is 2.52. The minimum atomic E-state index is -0.791. The molecule has 0 radical (unpaired) electrons. The molecule has 0 bridgehead atoms. The van der Waals surface area contributed by atoms with Crippen molar-refractivity contribution >= 4 is 5.97 Å². The molecule has 2 N–H and O–H groups in total. The standard InChI is InChI=1S/C16H17NO3/c1-19-16(18)15(17)13-8-5-9-14(10-13)20-11-12-6-3-2-4-7-12/h2-10,15H,11,17H2,1H3/t15-/m0/s1. The highest BCUT2D eigenvalue weighted by atomic mass is 16.5. The second-order valence-corrected chi connectivity index (χ2v) is 4.35. The highest BCUT2D eigenvalue weighted by Gasteiger charge is 2.16. The van der Waals surface area contributed by atoms with Crippen molar-refractivity contribution in [2.75, 3.05) is 7.11 Å². The molecule has 1 atom stereocenters. The Labute approximate surface area is 118 Å². The summed E-state index contributed by atoms with van der Waals surface area (Å²) < 4.78 is 10.3. The Balaban J connectivity index is 2.04. The minimum Gasteiger partial charge on any atom is -0.489 e. The van der Waals surface area contributed by atoms with Gasteiger partial charge in [0.2, 0.25) is 0 Å². The number of ether oxygens (including phenoxy) is 2. The molecular weight excluding hydrogens is 254 g/mol. The van der Waals surface area contributed by atoms with Gasteiger partial charge in [0, 0.05) is 0 Å². The lowest BCUT2D eigenvalue weighted by atomic mass is 10.1. The van der Waals surface area contributed by atoms with E-state index < -0.39 is 12.0 Å². The monoisotopic (exact) mass is 271 g/mol. The first-order valence-corrected chi connectivity index (χ1v) is 6.31. The summed E-state index contributed by atoms with van der Waals surface area (Å²) in [6.07, 6.45) is 0. The van der Waals surface area contributed by atoms with Crippen LogP contribution in [0.2, 0.25) is 0 Å². The van der Waals surface area contributed by atoms with Crippen molar-refractivity contribution in [3.63, 3.8) is 0 Å². The van der Waals surface area contributed by atoms with Crippen LogP contribution in [0.4, 0.5) is 0 Å². The van der Waals surface area contributed by atoms with Crippen LogP contribution < -0.4 is 10.5 Å². The third-order valence-electron chi connectivity index (χ3n) is 2.92. The quantitative estimate of drug-likeness (QED) is 0.848. The normalized spacial score (nSPS) is 11.7. The van der Waals surface area contributed by atoms with Gasteiger partial charge in [0.05, 0.1) is 7.11 Å². The largest absolute Gasteiger partial charge is 0.489 e. The lowest BCUT2D eigenvalue weighted by Gasteiger charge is -2.12. The molecule has 4 heteroatoms. The van der Waals surface area contributed by atoms with Gasteiger partial charge in [-0.25, -0.2) is 0 Å². The maximum absolute atomic E-state index is 11.4. The van der Waals surface area contributed by atoms with E-state index in [1.54, 1.807) is 18.2 Å². The Morgan fingerprint density at radius 3 is 2.60 bits per heavy atom. The second-order valence-electron chi connectivity index (χ2n) is 4.35. The number of rotatable bonds is 5. The van der Waals surface area contributed by atoms with E-state index >= 15 is 0 Å². The van der Waals surface area contributed by atoms with Gasteiger partial charge in [-0.05, 0) is 23.3 Å². The molecule has 2 rings (SSSR count). The number of carbonyl (C=O) groups excluding carboxylic acids is 1. The van der Waals surface area contributed by atoms with Crippen molar-refractivity contribution in [3.05, 3.63) is 65.7 Å². The minimum absolute atomic E-state index is 0.467. The molecule has 104 valence electrons. The van der Waals surface area contributed by atoms with Crippen molar-refractivity contribution in [1.29, 1.82) is 0 Å². The zero-order valence-electron chi connectivity index (χ0n) is 11.3. The molecule has 0 saturated carbocycles. The number of hydrogen-bond donors (Lipinski definition) is 1. The maximum Gasteiger partial charge on any atom is 0.327 e. The van der Waals surface area contributed by atoms with Gasteiger partial charge >= 0.3 is 5.97 Å². The molecule has 0 aliphatic rings. The predicted octanol–water partition coefficient (Wildman–Crippen LogP) is 2.44. The summed E-state index contributed by atoms with van der Waals surface area (Å²) in [5.74, 6) is 0.205. The SMILES string of the molecule is COC(=O)[C@@H](N)c1cccc(OCc2ccccc2)c1. The van der Waals surface area contributed by atoms with Gasteiger partial charge < -0.3 is 15.2 Å². The highest BCUT2D eigenvalue weighted by Crippen LogP contribution is 2.19. The zero-order valence-corrected chi connectivity index (χ0v) is 11.3. The van der Waals surface area contributed by atoms with Crippen LogP contribution in [-0.2, 0) is 16.1 Å². The smallest absolute Gasteiger partial charge is 0.327 e. The van der Waals surface area contributed by atoms with E-state index in [9.17, 15) is 4.79 Å². The van der Waals surface area contributed by atoms with Gasteiger partial charge in [-0.2, -0.15) is 0 Å². The number of hydrogen-bond acceptors (Lipinski definition) is 4. The molecule has 2 aromatic rings. The summed E-state index contributed by atoms with van der Waals surface area (Å²) in [7, 11) is 1.32. The molecule has 20 heavy (non-hydrogen) atoms. The maximum atomic E-state index is 11.4. The summed E-state index contributed by atoms with van der Waals surface area (Å²) in [6, 6.07) is 16.2. The number of carbonyl (C=O) groups is 1. The summed E-state index contributed by atoms with van der Waals surface area (Å²) in [4.78, 5) is 11.4. The molecule has 0 aliphatic carbocycles. The van der Waals surface area contributed by atoms with Gasteiger partial charge in [0.25, 0.3) is 0 Å². The molecule has 0 fully saturated rings. The van der Waals surface area contributed by atoms with E-state index in [0.29, 0.717) is 17.9 Å². The van der Waals surface area contributed by atoms with E-state index in [4.69, 9.17) is 10.5 Å². The first-order valence-electron chi connectivity index (χ1n) is 6.31. The fourth-order valence-electron chi connectivity index (χ4n) is 1.80. The van der Waals surface area contributed by atoms with Crippen LogP contribution in [0.5, 0.6) is 5.75 Å². The van der Waals surface area contributed by atoms with E-state index in [1.165, 1.54) is 7.11 Å². The Bertz CT molecular complexity index is 569. The second kappa shape index (κ2) is 6.73. The number of benzene rings is 2. The van der Waals surface area contributed by atoms with Gasteiger partial charge in [-0.1, -0.05) is 42.5 Å². The Hall–Kier alpha value is -2.33. The molecule has 4 nitrogen and oxygen atoms in total. The van der Waals surface area contributed by atoms with Crippen molar-refractivity contribution in [2.24, 2.45) is 5.73 Å². The molecule has 0 saturated heterocycles. The molecule has 0 amide bonds. The van der Waals surface area contributed by atoms with Gasteiger partial charge in [0.15, 0.2) is 0 Å². The highest BCUT2D eigenvalue weighted by molar-refractivity contribution is 5.77. The Kier molecular flexibility index (Phi) is 4.74. The van der Waals surface area contributed by atoms with Crippen LogP contribution in [0.3, 0.4) is 0 Å². The average molecular weight is 271 g/mol. The first kappa shape index (κ1) is 14.1. The summed E-state index contributed by atoms with van der Waals surface area (Å²) in [5.41, 5.74) is 7.54. The molecule has 0 heterocycles. The van der Waals surface area contributed by atoms with Crippen LogP contribution >= 0.6 is 0 Å². The molecule has 0 aliphatic heterocycles. The van der Waals surface area contributed by atoms with Crippen LogP contribution in [-0.4, -0.2) is 13.1 Å². The lowest BCUT2D eigenvalue weighted by molar-refractivity contribution is -0.142. The van der Waals surface area contributed by atoms with Crippen molar-refractivity contribution in [2.45, 2.75) is 12.6 Å². The number of methoxy groups -OCH3 is 1. The first-order chi connectivity index (χ1) is 9.70. The van der Waals surface area contributed by atoms with Crippen LogP contribution in [0.25, 0.3) is 0 Å². The Morgan fingerprint density at radius 1 is 1.15 bits per heavy atom. The van der Waals surface area contributed by atoms with E-state index in [2.05, 4.69) is 4.74 Å². The van der Waals surface area contributed by atoms with Crippen molar-refractivity contribution < 1.29 is 14.3 Å². The van der Waals surface area contributed by atoms with Gasteiger partial charge in [-0.15, -0.1) is 0 Å². The van der Waals surface area contributed by atoms with Crippen molar-refractivity contribution in [3.8, 4) is 5.75 Å². The number of esters is 1. The summed E-state index contributed by atoms with van der Waals surface area (Å²) >= 11 is 0. The third kappa shape index (κ3) is 3.59. The van der Waals surface area contributed by atoms with Crippen molar-refractivity contribution in [1.82, 2.24) is 0 Å². The lowest BCUT2D eigenvalue weighted by Crippen LogP contribution is -2.22. The fourth-order valence-corrected chi connectivity index (χ4v) is 1.80. The molecule has 0 aromatic heterocycles. The zero-order chi connectivity index (χ0) is 14.4. The summed E-state index contributed by atoms with van der Waals surface area (Å²) in [6.45, 7) is 0.470. The van der Waals surface area contributed by atoms with Crippen LogP contribution in [0, 0.1) is 0 Å². The summed E-state index contributed by atoms with van der Waals surface area (Å²) in [5, 5.41) is 0. The van der Waals surface area contributed by atoms with Crippen LogP contribution in [0.1, 0.15) is 17.2 Å². The van der Waals surface area contributed by atoms with Gasteiger partial charge in [0.1, 0.15) is 18.4 Å². The molecule has 0 spiro atoms. The third-order valence-corrected chi connectivity index (χ3v) is 2.92. The van der Waals surface area contributed by atoms with E-state index in [0.717, 1.165) is 5.56 Å². The topological polar surface area (TPSA) is 61.5 Å². The number of nitrogens with two attached hydrogens (primary N) is 1. The van der Waals surface area contributed by atoms with Gasteiger partial charge in [-0.3, -0.25) is 4.79 Å². The van der Waals surface area contributed by atoms with E-state index in [-0.39, 0.29) is 0 Å². The van der Waals surface area contributed by atoms with E-state index in [1.807, 2.05) is 36.4 Å². The Morgan fingerprint density at radius 2 is 1.90 bits per heavy atom. The molecule has 2 aromatic carbocycles. The molecule has 0 unspecified atom stereocenters. The molecular formula is C16H17NO3.